The molecule has 0 atom stereocenters. The zero-order valence-electron chi connectivity index (χ0n) is 13.0. The van der Waals surface area contributed by atoms with Crippen LogP contribution < -0.4 is 14.8 Å². The van der Waals surface area contributed by atoms with Gasteiger partial charge in [0.2, 0.25) is 0 Å². The third-order valence-electron chi connectivity index (χ3n) is 3.64. The fourth-order valence-electron chi connectivity index (χ4n) is 2.58. The van der Waals surface area contributed by atoms with Gasteiger partial charge < -0.3 is 19.5 Å². The lowest BCUT2D eigenvalue weighted by Gasteiger charge is -2.24. The number of rotatable bonds is 5. The second-order valence-corrected chi connectivity index (χ2v) is 5.12. The summed E-state index contributed by atoms with van der Waals surface area (Å²) in [5, 5.41) is 4.00. The smallest absolute Gasteiger partial charge is 0.318 e. The van der Waals surface area contributed by atoms with Crippen molar-refractivity contribution in [1.82, 2.24) is 9.97 Å². The first kappa shape index (κ1) is 14.8. The maximum absolute atomic E-state index is 6.17. The van der Waals surface area contributed by atoms with Gasteiger partial charge in [-0.1, -0.05) is 6.07 Å². The van der Waals surface area contributed by atoms with Crippen LogP contribution >= 0.6 is 0 Å². The summed E-state index contributed by atoms with van der Waals surface area (Å²) in [4.78, 5) is 8.86. The van der Waals surface area contributed by atoms with E-state index in [9.17, 15) is 0 Å². The normalized spacial score (nSPS) is 15.7. The van der Waals surface area contributed by atoms with E-state index in [1.165, 1.54) is 0 Å². The van der Waals surface area contributed by atoms with Crippen molar-refractivity contribution in [2.24, 2.45) is 0 Å². The summed E-state index contributed by atoms with van der Waals surface area (Å²) in [5.74, 6) is 1.52. The third kappa shape index (κ3) is 3.06. The second-order valence-electron chi connectivity index (χ2n) is 5.12. The van der Waals surface area contributed by atoms with E-state index in [1.807, 2.05) is 32.2 Å². The lowest BCUT2D eigenvalue weighted by atomic mass is 10.1. The highest BCUT2D eigenvalue weighted by atomic mass is 16.5. The van der Waals surface area contributed by atoms with E-state index in [0.717, 1.165) is 48.5 Å². The number of ether oxygens (including phenoxy) is 3. The Hall–Kier alpha value is -2.08. The van der Waals surface area contributed by atoms with Crippen LogP contribution in [0.2, 0.25) is 0 Å². The van der Waals surface area contributed by atoms with Gasteiger partial charge in [0.05, 0.1) is 30.7 Å². The maximum atomic E-state index is 6.17. The first-order valence-electron chi connectivity index (χ1n) is 7.67. The summed E-state index contributed by atoms with van der Waals surface area (Å²) < 4.78 is 17.0. The molecule has 1 aliphatic heterocycles. The average molecular weight is 303 g/mol. The lowest BCUT2D eigenvalue weighted by molar-refractivity contribution is 0.0262. The Kier molecular flexibility index (Phi) is 4.58. The van der Waals surface area contributed by atoms with E-state index in [4.69, 9.17) is 14.2 Å². The number of aromatic nitrogens is 2. The van der Waals surface area contributed by atoms with Crippen LogP contribution in [0.25, 0.3) is 10.9 Å². The highest BCUT2D eigenvalue weighted by Gasteiger charge is 2.18. The Bertz CT molecular complexity index is 642. The Labute approximate surface area is 129 Å². The van der Waals surface area contributed by atoms with Crippen LogP contribution in [-0.4, -0.2) is 42.9 Å². The SMILES string of the molecule is CCOc1nc(NC)c2c(OC3CCOCC3)cccc2n1. The Morgan fingerprint density at radius 3 is 2.82 bits per heavy atom. The molecule has 3 rings (SSSR count). The molecule has 0 unspecified atom stereocenters. The van der Waals surface area contributed by atoms with Crippen molar-refractivity contribution in [2.75, 3.05) is 32.2 Å². The van der Waals surface area contributed by atoms with Crippen LogP contribution in [0.15, 0.2) is 18.2 Å². The number of hydrogen-bond acceptors (Lipinski definition) is 6. The van der Waals surface area contributed by atoms with Crippen molar-refractivity contribution in [1.29, 1.82) is 0 Å². The van der Waals surface area contributed by atoms with Crippen LogP contribution in [0.5, 0.6) is 11.8 Å². The largest absolute Gasteiger partial charge is 0.489 e. The zero-order chi connectivity index (χ0) is 15.4. The molecule has 22 heavy (non-hydrogen) atoms. The number of anilines is 1. The summed E-state index contributed by atoms with van der Waals surface area (Å²) in [5.41, 5.74) is 0.812. The van der Waals surface area contributed by atoms with Gasteiger partial charge in [-0.3, -0.25) is 0 Å². The van der Waals surface area contributed by atoms with Crippen molar-refractivity contribution < 1.29 is 14.2 Å². The minimum absolute atomic E-state index is 0.177. The summed E-state index contributed by atoms with van der Waals surface area (Å²) in [6.07, 6.45) is 1.99. The lowest BCUT2D eigenvalue weighted by Crippen LogP contribution is -2.26. The number of nitrogens with zero attached hydrogens (tertiary/aromatic N) is 2. The van der Waals surface area contributed by atoms with Gasteiger partial charge >= 0.3 is 6.01 Å². The van der Waals surface area contributed by atoms with Crippen molar-refractivity contribution in [3.05, 3.63) is 18.2 Å². The molecule has 6 nitrogen and oxygen atoms in total. The van der Waals surface area contributed by atoms with E-state index in [1.54, 1.807) is 0 Å². The van der Waals surface area contributed by atoms with Crippen LogP contribution in [0.1, 0.15) is 19.8 Å². The molecule has 2 heterocycles. The summed E-state index contributed by atoms with van der Waals surface area (Å²) in [6, 6.07) is 6.22. The highest BCUT2D eigenvalue weighted by Crippen LogP contribution is 2.33. The van der Waals surface area contributed by atoms with Crippen molar-refractivity contribution in [3.8, 4) is 11.8 Å². The number of nitrogens with one attached hydrogen (secondary N) is 1. The first-order valence-corrected chi connectivity index (χ1v) is 7.67. The molecule has 1 aromatic heterocycles. The van der Waals surface area contributed by atoms with E-state index in [-0.39, 0.29) is 6.10 Å². The van der Waals surface area contributed by atoms with Crippen molar-refractivity contribution in [2.45, 2.75) is 25.9 Å². The van der Waals surface area contributed by atoms with Gasteiger partial charge in [0.1, 0.15) is 17.7 Å². The monoisotopic (exact) mass is 303 g/mol. The van der Waals surface area contributed by atoms with Gasteiger partial charge in [0, 0.05) is 19.9 Å². The molecule has 0 aliphatic carbocycles. The van der Waals surface area contributed by atoms with Gasteiger partial charge in [-0.15, -0.1) is 0 Å². The maximum Gasteiger partial charge on any atom is 0.318 e. The summed E-state index contributed by atoms with van der Waals surface area (Å²) in [7, 11) is 1.84. The molecule has 1 fully saturated rings. The fourth-order valence-corrected chi connectivity index (χ4v) is 2.58. The minimum Gasteiger partial charge on any atom is -0.489 e. The molecule has 0 radical (unpaired) electrons. The van der Waals surface area contributed by atoms with Crippen LogP contribution in [-0.2, 0) is 4.74 Å². The topological polar surface area (TPSA) is 65.5 Å². The average Bonchev–Trinajstić information content (AvgIpc) is 2.55. The molecule has 0 bridgehead atoms. The Balaban J connectivity index is 1.98. The van der Waals surface area contributed by atoms with Crippen molar-refractivity contribution in [3.63, 3.8) is 0 Å². The molecular formula is C16H21N3O3. The van der Waals surface area contributed by atoms with E-state index >= 15 is 0 Å². The Morgan fingerprint density at radius 1 is 1.27 bits per heavy atom. The van der Waals surface area contributed by atoms with Crippen LogP contribution in [0, 0.1) is 0 Å². The molecule has 0 spiro atoms. The number of benzene rings is 1. The minimum atomic E-state index is 0.177. The molecule has 0 saturated carbocycles. The van der Waals surface area contributed by atoms with Crippen LogP contribution in [0.4, 0.5) is 5.82 Å². The molecule has 1 aliphatic rings. The molecule has 2 aromatic rings. The first-order chi connectivity index (χ1) is 10.8. The molecule has 1 saturated heterocycles. The summed E-state index contributed by atoms with van der Waals surface area (Å²) >= 11 is 0. The zero-order valence-corrected chi connectivity index (χ0v) is 13.0. The third-order valence-corrected chi connectivity index (χ3v) is 3.64. The number of hydrogen-bond donors (Lipinski definition) is 1. The van der Waals surface area contributed by atoms with Crippen LogP contribution in [0.3, 0.4) is 0 Å². The predicted octanol–water partition coefficient (Wildman–Crippen LogP) is 2.63. The Morgan fingerprint density at radius 2 is 2.09 bits per heavy atom. The quantitative estimate of drug-likeness (QED) is 0.916. The van der Waals surface area contributed by atoms with Crippen molar-refractivity contribution >= 4 is 16.7 Å². The molecular weight excluding hydrogens is 282 g/mol. The van der Waals surface area contributed by atoms with Gasteiger partial charge in [-0.2, -0.15) is 9.97 Å². The van der Waals surface area contributed by atoms with Gasteiger partial charge in [0.25, 0.3) is 0 Å². The predicted molar refractivity (Wildman–Crippen MR) is 84.7 cm³/mol. The van der Waals surface area contributed by atoms with Gasteiger partial charge in [-0.05, 0) is 19.1 Å². The van der Waals surface area contributed by atoms with E-state index in [2.05, 4.69) is 15.3 Å². The van der Waals surface area contributed by atoms with E-state index < -0.39 is 0 Å². The highest BCUT2D eigenvalue weighted by molar-refractivity contribution is 5.94. The standard InChI is InChI=1S/C16H21N3O3/c1-3-21-16-18-12-5-4-6-13(14(12)15(17-2)19-16)22-11-7-9-20-10-8-11/h4-6,11H,3,7-10H2,1-2H3,(H,17,18,19). The molecule has 1 aromatic carbocycles. The molecule has 0 amide bonds. The number of fused-ring (bicyclic) bond motifs is 1. The second kappa shape index (κ2) is 6.79. The van der Waals surface area contributed by atoms with E-state index in [0.29, 0.717) is 12.6 Å². The van der Waals surface area contributed by atoms with Gasteiger partial charge in [0.15, 0.2) is 0 Å². The molecule has 118 valence electrons. The molecule has 1 N–H and O–H groups in total. The fraction of sp³-hybridized carbons (Fsp3) is 0.500. The molecule has 6 heteroatoms. The summed E-state index contributed by atoms with van der Waals surface area (Å²) in [6.45, 7) is 3.95. The van der Waals surface area contributed by atoms with Gasteiger partial charge in [-0.25, -0.2) is 0 Å².